The lowest BCUT2D eigenvalue weighted by Crippen LogP contribution is -2.35. The highest BCUT2D eigenvalue weighted by Gasteiger charge is 2.56. The summed E-state index contributed by atoms with van der Waals surface area (Å²) in [5.41, 5.74) is -1.59. The molecule has 0 spiro atoms. The van der Waals surface area contributed by atoms with E-state index in [4.69, 9.17) is 4.74 Å². The molecule has 38 heavy (non-hydrogen) atoms. The predicted molar refractivity (Wildman–Crippen MR) is 132 cm³/mol. The van der Waals surface area contributed by atoms with Crippen molar-refractivity contribution in [1.29, 1.82) is 0 Å². The maximum absolute atomic E-state index is 14.8. The molecule has 2 fully saturated rings. The summed E-state index contributed by atoms with van der Waals surface area (Å²) in [5, 5.41) is 7.51. The molecule has 8 nitrogen and oxygen atoms in total. The lowest BCUT2D eigenvalue weighted by atomic mass is 9.85. The number of benzene rings is 2. The summed E-state index contributed by atoms with van der Waals surface area (Å²) >= 11 is 0. The number of hydrogen-bond donors (Lipinski definition) is 3. The van der Waals surface area contributed by atoms with E-state index in [-0.39, 0.29) is 36.2 Å². The Labute approximate surface area is 215 Å². The number of halogens is 3. The Kier molecular flexibility index (Phi) is 6.75. The Balaban J connectivity index is 1.24. The Hall–Kier alpha value is -4.41. The Morgan fingerprint density at radius 3 is 2.24 bits per heavy atom. The number of rotatable bonds is 8. The second-order valence-corrected chi connectivity index (χ2v) is 9.36. The molecule has 0 bridgehead atoms. The second-order valence-electron chi connectivity index (χ2n) is 9.36. The standard InChI is InChI=1S/C27H23F3N4O4/c28-16-4-6-17(7-5-16)32-25(36)27(9-10-27)26(37)33-21-13-20(30)22(14-19(21)29)38-18-8-11-31-23(12-18)34-24(35)15-2-1-3-15/h4-8,11-15H,1-3,9-10H2,(H,32,36)(H,33,37)(H,31,34,35). The van der Waals surface area contributed by atoms with Gasteiger partial charge in [-0.3, -0.25) is 14.4 Å². The minimum atomic E-state index is -1.44. The molecular weight excluding hydrogens is 501 g/mol. The molecule has 1 aromatic heterocycles. The van der Waals surface area contributed by atoms with Crippen LogP contribution in [0.15, 0.2) is 54.7 Å². The van der Waals surface area contributed by atoms with E-state index in [0.29, 0.717) is 5.69 Å². The lowest BCUT2D eigenvalue weighted by Gasteiger charge is -2.23. The van der Waals surface area contributed by atoms with Gasteiger partial charge in [0.15, 0.2) is 17.4 Å². The van der Waals surface area contributed by atoms with Gasteiger partial charge in [0, 0.05) is 36.0 Å². The van der Waals surface area contributed by atoms with Gasteiger partial charge in [-0.05, 0) is 56.0 Å². The van der Waals surface area contributed by atoms with Gasteiger partial charge in [0.1, 0.15) is 22.8 Å². The average molecular weight is 524 g/mol. The first-order chi connectivity index (χ1) is 18.2. The van der Waals surface area contributed by atoms with Gasteiger partial charge in [-0.15, -0.1) is 0 Å². The van der Waals surface area contributed by atoms with Crippen LogP contribution < -0.4 is 20.7 Å². The van der Waals surface area contributed by atoms with E-state index in [1.807, 2.05) is 0 Å². The summed E-state index contributed by atoms with van der Waals surface area (Å²) in [6.45, 7) is 0. The molecule has 2 saturated carbocycles. The van der Waals surface area contributed by atoms with E-state index in [9.17, 15) is 27.6 Å². The van der Waals surface area contributed by atoms with Gasteiger partial charge < -0.3 is 20.7 Å². The van der Waals surface area contributed by atoms with Crippen molar-refractivity contribution in [3.05, 3.63) is 72.2 Å². The Morgan fingerprint density at radius 1 is 0.868 bits per heavy atom. The maximum Gasteiger partial charge on any atom is 0.240 e. The summed E-state index contributed by atoms with van der Waals surface area (Å²) in [6.07, 6.45) is 4.43. The SMILES string of the molecule is O=C(Nc1cc(Oc2cc(F)c(NC(=O)C3(C(=O)Nc4ccc(F)cc4)CC3)cc2F)ccn1)C1CCC1. The summed E-state index contributed by atoms with van der Waals surface area (Å²) < 4.78 is 48.1. The molecule has 3 aromatic rings. The molecule has 196 valence electrons. The predicted octanol–water partition coefficient (Wildman–Crippen LogP) is 5.39. The molecule has 0 unspecified atom stereocenters. The zero-order chi connectivity index (χ0) is 26.9. The molecule has 3 N–H and O–H groups in total. The fraction of sp³-hybridized carbons (Fsp3) is 0.259. The monoisotopic (exact) mass is 524 g/mol. The van der Waals surface area contributed by atoms with Crippen LogP contribution in [0.25, 0.3) is 0 Å². The zero-order valence-corrected chi connectivity index (χ0v) is 20.0. The number of nitrogens with zero attached hydrogens (tertiary/aromatic N) is 1. The normalized spacial score (nSPS) is 15.7. The molecule has 1 heterocycles. The van der Waals surface area contributed by atoms with Crippen LogP contribution in [0.4, 0.5) is 30.4 Å². The van der Waals surface area contributed by atoms with Crippen LogP contribution in [0.2, 0.25) is 0 Å². The number of amides is 3. The third kappa shape index (κ3) is 5.31. The summed E-state index contributed by atoms with van der Waals surface area (Å²) in [7, 11) is 0. The highest BCUT2D eigenvalue weighted by molar-refractivity contribution is 6.16. The van der Waals surface area contributed by atoms with Crippen LogP contribution in [0.3, 0.4) is 0 Å². The van der Waals surface area contributed by atoms with E-state index < -0.39 is 46.1 Å². The van der Waals surface area contributed by atoms with Crippen molar-refractivity contribution in [3.63, 3.8) is 0 Å². The number of carbonyl (C=O) groups is 3. The molecule has 0 saturated heterocycles. The first kappa shape index (κ1) is 25.2. The van der Waals surface area contributed by atoms with E-state index in [1.165, 1.54) is 30.5 Å². The molecule has 0 radical (unpaired) electrons. The smallest absolute Gasteiger partial charge is 0.240 e. The number of ether oxygens (including phenoxy) is 1. The van der Waals surface area contributed by atoms with E-state index >= 15 is 0 Å². The molecule has 0 atom stereocenters. The first-order valence-electron chi connectivity index (χ1n) is 12.1. The fourth-order valence-electron chi connectivity index (χ4n) is 3.98. The third-order valence-electron chi connectivity index (χ3n) is 6.68. The van der Waals surface area contributed by atoms with Crippen LogP contribution in [0.5, 0.6) is 11.5 Å². The van der Waals surface area contributed by atoms with E-state index in [0.717, 1.165) is 43.5 Å². The molecule has 2 aromatic carbocycles. The van der Waals surface area contributed by atoms with Gasteiger partial charge in [-0.1, -0.05) is 6.42 Å². The molecule has 2 aliphatic carbocycles. The highest BCUT2D eigenvalue weighted by atomic mass is 19.1. The molecule has 5 rings (SSSR count). The van der Waals surface area contributed by atoms with Crippen molar-refractivity contribution >= 4 is 34.9 Å². The van der Waals surface area contributed by atoms with E-state index in [2.05, 4.69) is 20.9 Å². The van der Waals surface area contributed by atoms with Crippen LogP contribution in [-0.4, -0.2) is 22.7 Å². The average Bonchev–Trinajstić information content (AvgIpc) is 3.65. The van der Waals surface area contributed by atoms with Crippen LogP contribution in [-0.2, 0) is 14.4 Å². The second kappa shape index (κ2) is 10.2. The van der Waals surface area contributed by atoms with Gasteiger partial charge in [-0.25, -0.2) is 18.2 Å². The Morgan fingerprint density at radius 2 is 1.58 bits per heavy atom. The number of aromatic nitrogens is 1. The minimum absolute atomic E-state index is 0.0561. The molecule has 3 amide bonds. The van der Waals surface area contributed by atoms with Crippen LogP contribution in [0.1, 0.15) is 32.1 Å². The number of anilines is 3. The van der Waals surface area contributed by atoms with Gasteiger partial charge in [-0.2, -0.15) is 0 Å². The van der Waals surface area contributed by atoms with Crippen molar-refractivity contribution in [2.75, 3.05) is 16.0 Å². The third-order valence-corrected chi connectivity index (χ3v) is 6.68. The number of nitrogens with one attached hydrogen (secondary N) is 3. The van der Waals surface area contributed by atoms with Crippen molar-refractivity contribution in [2.45, 2.75) is 32.1 Å². The van der Waals surface area contributed by atoms with Crippen molar-refractivity contribution in [2.24, 2.45) is 11.3 Å². The minimum Gasteiger partial charge on any atom is -0.454 e. The van der Waals surface area contributed by atoms with Gasteiger partial charge in [0.25, 0.3) is 0 Å². The van der Waals surface area contributed by atoms with Crippen LogP contribution >= 0.6 is 0 Å². The summed E-state index contributed by atoms with van der Waals surface area (Å²) in [6, 6.07) is 9.37. The van der Waals surface area contributed by atoms with Gasteiger partial charge >= 0.3 is 0 Å². The van der Waals surface area contributed by atoms with Crippen molar-refractivity contribution in [1.82, 2.24) is 4.98 Å². The number of hydrogen-bond acceptors (Lipinski definition) is 5. The van der Waals surface area contributed by atoms with Crippen molar-refractivity contribution in [3.8, 4) is 11.5 Å². The number of carbonyl (C=O) groups excluding carboxylic acids is 3. The topological polar surface area (TPSA) is 109 Å². The highest BCUT2D eigenvalue weighted by Crippen LogP contribution is 2.47. The maximum atomic E-state index is 14.8. The molecular formula is C27H23F3N4O4. The quantitative estimate of drug-likeness (QED) is 0.343. The van der Waals surface area contributed by atoms with Gasteiger partial charge in [0.05, 0.1) is 5.69 Å². The van der Waals surface area contributed by atoms with Crippen molar-refractivity contribution < 1.29 is 32.3 Å². The first-order valence-corrected chi connectivity index (χ1v) is 12.1. The molecule has 0 aliphatic heterocycles. The Bertz CT molecular complexity index is 1410. The fourth-order valence-corrected chi connectivity index (χ4v) is 3.98. The molecule has 2 aliphatic rings. The van der Waals surface area contributed by atoms with Gasteiger partial charge in [0.2, 0.25) is 17.7 Å². The largest absolute Gasteiger partial charge is 0.454 e. The number of pyridine rings is 1. The molecule has 11 heteroatoms. The summed E-state index contributed by atoms with van der Waals surface area (Å²) in [4.78, 5) is 41.7. The van der Waals surface area contributed by atoms with E-state index in [1.54, 1.807) is 0 Å². The summed E-state index contributed by atoms with van der Waals surface area (Å²) in [5.74, 6) is -4.14. The van der Waals surface area contributed by atoms with Crippen LogP contribution in [0, 0.1) is 28.8 Å². The lowest BCUT2D eigenvalue weighted by molar-refractivity contribution is -0.131. The zero-order valence-electron chi connectivity index (χ0n) is 20.0.